The summed E-state index contributed by atoms with van der Waals surface area (Å²) in [5.41, 5.74) is 0.787. The second kappa shape index (κ2) is 8.79. The van der Waals surface area contributed by atoms with Crippen molar-refractivity contribution < 1.29 is 14.1 Å². The molecule has 3 rings (SSSR count). The van der Waals surface area contributed by atoms with E-state index in [2.05, 4.69) is 29.3 Å². The first-order valence-electron chi connectivity index (χ1n) is 9.57. The Morgan fingerprint density at radius 3 is 2.74 bits per heavy atom. The van der Waals surface area contributed by atoms with Crippen molar-refractivity contribution in [2.45, 2.75) is 52.1 Å². The summed E-state index contributed by atoms with van der Waals surface area (Å²) in [6, 6.07) is 5.18. The van der Waals surface area contributed by atoms with Crippen LogP contribution in [0.3, 0.4) is 0 Å². The standard InChI is InChI=1S/C20H26N4O3/c1-3-16(4-2)24(20(26)15-6-5-9-21-12-15)13-17-10-18(23-27-17)19(25)22-11-14-7-8-14/h5-6,9-10,12,14,16H,3-4,7-8,11,13H2,1-2H3,(H,22,25). The summed E-state index contributed by atoms with van der Waals surface area (Å²) < 4.78 is 5.34. The van der Waals surface area contributed by atoms with Gasteiger partial charge in [-0.05, 0) is 43.7 Å². The third-order valence-electron chi connectivity index (χ3n) is 4.92. The van der Waals surface area contributed by atoms with Crippen LogP contribution in [0.2, 0.25) is 0 Å². The number of carbonyl (C=O) groups excluding carboxylic acids is 2. The third-order valence-corrected chi connectivity index (χ3v) is 4.92. The van der Waals surface area contributed by atoms with Crippen LogP contribution in [0.25, 0.3) is 0 Å². The molecule has 1 fully saturated rings. The molecule has 2 aromatic rings. The van der Waals surface area contributed by atoms with Crippen molar-refractivity contribution >= 4 is 11.8 Å². The summed E-state index contributed by atoms with van der Waals surface area (Å²) in [5, 5.41) is 6.74. The van der Waals surface area contributed by atoms with E-state index < -0.39 is 0 Å². The number of nitrogens with one attached hydrogen (secondary N) is 1. The van der Waals surface area contributed by atoms with Crippen LogP contribution in [0.15, 0.2) is 35.1 Å². The number of nitrogens with zero attached hydrogens (tertiary/aromatic N) is 3. The molecular weight excluding hydrogens is 344 g/mol. The second-order valence-electron chi connectivity index (χ2n) is 6.98. The lowest BCUT2D eigenvalue weighted by Gasteiger charge is -2.29. The lowest BCUT2D eigenvalue weighted by Crippen LogP contribution is -2.39. The molecule has 2 heterocycles. The maximum atomic E-state index is 13.0. The highest BCUT2D eigenvalue weighted by atomic mass is 16.5. The van der Waals surface area contributed by atoms with E-state index in [1.54, 1.807) is 35.5 Å². The zero-order valence-corrected chi connectivity index (χ0v) is 15.9. The molecule has 7 heteroatoms. The molecule has 1 aliphatic rings. The minimum absolute atomic E-state index is 0.0648. The molecule has 0 unspecified atom stereocenters. The van der Waals surface area contributed by atoms with Gasteiger partial charge in [0.2, 0.25) is 0 Å². The Labute approximate surface area is 159 Å². The number of amides is 2. The van der Waals surface area contributed by atoms with Crippen LogP contribution in [-0.2, 0) is 6.54 Å². The van der Waals surface area contributed by atoms with Gasteiger partial charge in [-0.25, -0.2) is 0 Å². The molecular formula is C20H26N4O3. The molecule has 0 bridgehead atoms. The summed E-state index contributed by atoms with van der Waals surface area (Å²) in [6.07, 6.45) is 7.20. The number of carbonyl (C=O) groups is 2. The van der Waals surface area contributed by atoms with Crippen LogP contribution >= 0.6 is 0 Å². The second-order valence-corrected chi connectivity index (χ2v) is 6.98. The van der Waals surface area contributed by atoms with E-state index in [0.29, 0.717) is 23.8 Å². The summed E-state index contributed by atoms with van der Waals surface area (Å²) in [4.78, 5) is 30.9. The summed E-state index contributed by atoms with van der Waals surface area (Å²) in [6.45, 7) is 5.05. The van der Waals surface area contributed by atoms with Gasteiger partial charge in [0.1, 0.15) is 0 Å². The fraction of sp³-hybridized carbons (Fsp3) is 0.500. The Morgan fingerprint density at radius 2 is 2.11 bits per heavy atom. The van der Waals surface area contributed by atoms with E-state index in [9.17, 15) is 9.59 Å². The van der Waals surface area contributed by atoms with Crippen LogP contribution in [0.5, 0.6) is 0 Å². The normalized spacial score (nSPS) is 13.6. The summed E-state index contributed by atoms with van der Waals surface area (Å²) in [7, 11) is 0. The number of rotatable bonds is 9. The van der Waals surface area contributed by atoms with Gasteiger partial charge in [-0.2, -0.15) is 0 Å². The summed E-state index contributed by atoms with van der Waals surface area (Å²) >= 11 is 0. The highest BCUT2D eigenvalue weighted by Crippen LogP contribution is 2.27. The first kappa shape index (κ1) is 19.1. The Kier molecular flexibility index (Phi) is 6.21. The molecule has 0 radical (unpaired) electrons. The van der Waals surface area contributed by atoms with Crippen molar-refractivity contribution in [3.8, 4) is 0 Å². The fourth-order valence-electron chi connectivity index (χ4n) is 3.06. The zero-order valence-electron chi connectivity index (χ0n) is 15.9. The van der Waals surface area contributed by atoms with Gasteiger partial charge in [0.05, 0.1) is 12.1 Å². The number of pyridine rings is 1. The molecule has 27 heavy (non-hydrogen) atoms. The quantitative estimate of drug-likeness (QED) is 0.733. The molecule has 0 aliphatic heterocycles. The van der Waals surface area contributed by atoms with Gasteiger partial charge in [0.25, 0.3) is 11.8 Å². The van der Waals surface area contributed by atoms with E-state index in [0.717, 1.165) is 12.8 Å². The highest BCUT2D eigenvalue weighted by Gasteiger charge is 2.26. The monoisotopic (exact) mass is 370 g/mol. The Balaban J connectivity index is 1.71. The smallest absolute Gasteiger partial charge is 0.273 e. The van der Waals surface area contributed by atoms with Crippen LogP contribution in [-0.4, -0.2) is 39.4 Å². The van der Waals surface area contributed by atoms with Crippen LogP contribution in [0.4, 0.5) is 0 Å². The molecule has 0 spiro atoms. The fourth-order valence-corrected chi connectivity index (χ4v) is 3.06. The van der Waals surface area contributed by atoms with Crippen LogP contribution < -0.4 is 5.32 Å². The SMILES string of the molecule is CCC(CC)N(Cc1cc(C(=O)NCC2CC2)no1)C(=O)c1cccnc1. The average Bonchev–Trinajstić information content (AvgIpc) is 3.42. The van der Waals surface area contributed by atoms with Crippen molar-refractivity contribution in [1.29, 1.82) is 0 Å². The molecule has 0 atom stereocenters. The Morgan fingerprint density at radius 1 is 1.33 bits per heavy atom. The minimum atomic E-state index is -0.232. The van der Waals surface area contributed by atoms with Crippen LogP contribution in [0.1, 0.15) is 66.1 Å². The van der Waals surface area contributed by atoms with Crippen molar-refractivity contribution in [2.24, 2.45) is 5.92 Å². The van der Waals surface area contributed by atoms with Gasteiger partial charge in [-0.3, -0.25) is 14.6 Å². The van der Waals surface area contributed by atoms with E-state index in [1.165, 1.54) is 12.8 Å². The molecule has 144 valence electrons. The molecule has 0 aromatic carbocycles. The van der Waals surface area contributed by atoms with Gasteiger partial charge in [0, 0.05) is 31.0 Å². The maximum Gasteiger partial charge on any atom is 0.273 e. The number of aromatic nitrogens is 2. The summed E-state index contributed by atoms with van der Waals surface area (Å²) in [5.74, 6) is 0.760. The van der Waals surface area contributed by atoms with Crippen molar-refractivity contribution in [3.63, 3.8) is 0 Å². The largest absolute Gasteiger partial charge is 0.359 e. The van der Waals surface area contributed by atoms with Gasteiger partial charge in [-0.15, -0.1) is 0 Å². The lowest BCUT2D eigenvalue weighted by atomic mass is 10.1. The van der Waals surface area contributed by atoms with Crippen molar-refractivity contribution in [1.82, 2.24) is 20.4 Å². The zero-order chi connectivity index (χ0) is 19.2. The molecule has 2 aromatic heterocycles. The molecule has 0 saturated heterocycles. The first-order valence-corrected chi connectivity index (χ1v) is 9.57. The first-order chi connectivity index (χ1) is 13.1. The van der Waals surface area contributed by atoms with Gasteiger partial charge in [0.15, 0.2) is 11.5 Å². The molecule has 1 aliphatic carbocycles. The topological polar surface area (TPSA) is 88.3 Å². The third kappa shape index (κ3) is 4.93. The van der Waals surface area contributed by atoms with Gasteiger partial charge < -0.3 is 14.7 Å². The van der Waals surface area contributed by atoms with Gasteiger partial charge >= 0.3 is 0 Å². The van der Waals surface area contributed by atoms with Crippen LogP contribution in [0, 0.1) is 5.92 Å². The minimum Gasteiger partial charge on any atom is -0.359 e. The number of hydrogen-bond acceptors (Lipinski definition) is 5. The predicted octanol–water partition coefficient (Wildman–Crippen LogP) is 3.04. The average molecular weight is 370 g/mol. The highest BCUT2D eigenvalue weighted by molar-refractivity contribution is 5.94. The van der Waals surface area contributed by atoms with Crippen molar-refractivity contribution in [3.05, 3.63) is 47.6 Å². The van der Waals surface area contributed by atoms with E-state index in [1.807, 2.05) is 0 Å². The van der Waals surface area contributed by atoms with E-state index in [-0.39, 0.29) is 30.1 Å². The van der Waals surface area contributed by atoms with Crippen molar-refractivity contribution in [2.75, 3.05) is 6.54 Å². The van der Waals surface area contributed by atoms with Gasteiger partial charge in [-0.1, -0.05) is 19.0 Å². The Hall–Kier alpha value is -2.70. The van der Waals surface area contributed by atoms with E-state index >= 15 is 0 Å². The predicted molar refractivity (Wildman–Crippen MR) is 100 cm³/mol. The Bertz CT molecular complexity index is 767. The molecule has 7 nitrogen and oxygen atoms in total. The molecule has 1 saturated carbocycles. The molecule has 2 amide bonds. The lowest BCUT2D eigenvalue weighted by molar-refractivity contribution is 0.0627. The van der Waals surface area contributed by atoms with E-state index in [4.69, 9.17) is 4.52 Å². The molecule has 1 N–H and O–H groups in total. The maximum absolute atomic E-state index is 13.0. The number of hydrogen-bond donors (Lipinski definition) is 1.